The van der Waals surface area contributed by atoms with Gasteiger partial charge in [-0.3, -0.25) is 19.1 Å². The van der Waals surface area contributed by atoms with Gasteiger partial charge in [-0.05, 0) is 6.92 Å². The van der Waals surface area contributed by atoms with Crippen molar-refractivity contribution >= 4 is 5.97 Å². The number of aromatic nitrogens is 2. The molecule has 1 N–H and O–H groups in total. The zero-order chi connectivity index (χ0) is 12.8. The van der Waals surface area contributed by atoms with Crippen molar-refractivity contribution in [3.63, 3.8) is 0 Å². The van der Waals surface area contributed by atoms with Crippen molar-refractivity contribution in [3.8, 4) is 6.07 Å². The first-order chi connectivity index (χ1) is 8.08. The molecule has 0 aromatic carbocycles. The second-order valence-corrected chi connectivity index (χ2v) is 3.16. The van der Waals surface area contributed by atoms with E-state index in [2.05, 4.69) is 0 Å². The Bertz CT molecular complexity index is 564. The summed E-state index contributed by atoms with van der Waals surface area (Å²) in [4.78, 5) is 35.5. The van der Waals surface area contributed by atoms with Gasteiger partial charge in [-0.1, -0.05) is 0 Å². The van der Waals surface area contributed by atoms with E-state index in [0.29, 0.717) is 0 Å². The van der Waals surface area contributed by atoms with Crippen molar-refractivity contribution in [2.45, 2.75) is 19.9 Å². The molecule has 0 saturated heterocycles. The fourth-order valence-electron chi connectivity index (χ4n) is 1.20. The van der Waals surface area contributed by atoms with Crippen molar-refractivity contribution in [1.82, 2.24) is 9.55 Å². The number of nitriles is 1. The van der Waals surface area contributed by atoms with Crippen LogP contribution in [0.15, 0.2) is 15.8 Å². The third kappa shape index (κ3) is 3.31. The molecule has 0 aliphatic rings. The minimum absolute atomic E-state index is 0.00462. The van der Waals surface area contributed by atoms with Crippen molar-refractivity contribution in [3.05, 3.63) is 32.6 Å². The second kappa shape index (κ2) is 5.65. The van der Waals surface area contributed by atoms with Crippen molar-refractivity contribution < 1.29 is 9.53 Å². The highest BCUT2D eigenvalue weighted by Gasteiger charge is 2.06. The highest BCUT2D eigenvalue weighted by Crippen LogP contribution is 1.91. The van der Waals surface area contributed by atoms with Gasteiger partial charge in [-0.25, -0.2) is 4.79 Å². The average molecular weight is 237 g/mol. The van der Waals surface area contributed by atoms with Crippen LogP contribution in [-0.4, -0.2) is 22.1 Å². The first kappa shape index (κ1) is 12.7. The number of ether oxygens (including phenoxy) is 1. The molecule has 0 saturated carbocycles. The number of rotatable bonds is 4. The lowest BCUT2D eigenvalue weighted by atomic mass is 10.3. The van der Waals surface area contributed by atoms with E-state index in [1.54, 1.807) is 13.0 Å². The number of nitrogens with zero attached hydrogens (tertiary/aromatic N) is 2. The molecule has 0 aliphatic heterocycles. The third-order valence-corrected chi connectivity index (χ3v) is 1.99. The van der Waals surface area contributed by atoms with Gasteiger partial charge in [-0.15, -0.1) is 0 Å². The molecule has 0 bridgehead atoms. The summed E-state index contributed by atoms with van der Waals surface area (Å²) in [6, 6.07) is 1.66. The SMILES string of the molecule is CCOC(=O)CCn1cc(C#N)c(=O)[nH]c1=O. The van der Waals surface area contributed by atoms with Gasteiger partial charge in [0.1, 0.15) is 11.6 Å². The molecule has 0 atom stereocenters. The lowest BCUT2D eigenvalue weighted by Gasteiger charge is -2.04. The van der Waals surface area contributed by atoms with Gasteiger partial charge in [0.2, 0.25) is 0 Å². The van der Waals surface area contributed by atoms with Gasteiger partial charge in [0, 0.05) is 12.7 Å². The fourth-order valence-corrected chi connectivity index (χ4v) is 1.20. The maximum absolute atomic E-state index is 11.3. The first-order valence-electron chi connectivity index (χ1n) is 4.98. The Morgan fingerprint density at radius 1 is 1.59 bits per heavy atom. The Balaban J connectivity index is 2.86. The molecule has 1 aromatic heterocycles. The predicted molar refractivity (Wildman–Crippen MR) is 57.3 cm³/mol. The van der Waals surface area contributed by atoms with Crippen molar-refractivity contribution in [1.29, 1.82) is 5.26 Å². The summed E-state index contributed by atoms with van der Waals surface area (Å²) in [7, 11) is 0. The van der Waals surface area contributed by atoms with Crippen LogP contribution in [0.5, 0.6) is 0 Å². The summed E-state index contributed by atoms with van der Waals surface area (Å²) < 4.78 is 5.79. The molecule has 1 rings (SSSR count). The van der Waals surface area contributed by atoms with E-state index in [-0.39, 0.29) is 25.1 Å². The normalized spacial score (nSPS) is 9.65. The number of hydrogen-bond donors (Lipinski definition) is 1. The number of carbonyl (C=O) groups excluding carboxylic acids is 1. The van der Waals surface area contributed by atoms with Crippen molar-refractivity contribution in [2.75, 3.05) is 6.61 Å². The summed E-state index contributed by atoms with van der Waals surface area (Å²) in [6.07, 6.45) is 1.13. The monoisotopic (exact) mass is 237 g/mol. The molecule has 0 amide bonds. The van der Waals surface area contributed by atoms with Crippen LogP contribution in [0.2, 0.25) is 0 Å². The molecule has 1 aromatic rings. The summed E-state index contributed by atoms with van der Waals surface area (Å²) in [5.41, 5.74) is -1.56. The molecular formula is C10H11N3O4. The van der Waals surface area contributed by atoms with Gasteiger partial charge in [-0.2, -0.15) is 5.26 Å². The van der Waals surface area contributed by atoms with E-state index in [1.807, 2.05) is 4.98 Å². The van der Waals surface area contributed by atoms with Crippen LogP contribution in [-0.2, 0) is 16.1 Å². The number of aryl methyl sites for hydroxylation is 1. The van der Waals surface area contributed by atoms with E-state index < -0.39 is 17.2 Å². The summed E-state index contributed by atoms with van der Waals surface area (Å²) >= 11 is 0. The highest BCUT2D eigenvalue weighted by molar-refractivity contribution is 5.69. The van der Waals surface area contributed by atoms with Crippen LogP contribution in [0.4, 0.5) is 0 Å². The number of hydrogen-bond acceptors (Lipinski definition) is 5. The van der Waals surface area contributed by atoms with Crippen LogP contribution >= 0.6 is 0 Å². The van der Waals surface area contributed by atoms with E-state index in [9.17, 15) is 14.4 Å². The minimum Gasteiger partial charge on any atom is -0.466 e. The van der Waals surface area contributed by atoms with E-state index in [1.165, 1.54) is 0 Å². The Morgan fingerprint density at radius 2 is 2.29 bits per heavy atom. The fraction of sp³-hybridized carbons (Fsp3) is 0.400. The molecule has 90 valence electrons. The zero-order valence-corrected chi connectivity index (χ0v) is 9.23. The quantitative estimate of drug-likeness (QED) is 0.701. The van der Waals surface area contributed by atoms with Gasteiger partial charge < -0.3 is 4.74 Å². The standard InChI is InChI=1S/C10H11N3O4/c1-2-17-8(14)3-4-13-6-7(5-11)9(15)12-10(13)16/h6H,2-4H2,1H3,(H,12,15,16). The lowest BCUT2D eigenvalue weighted by Crippen LogP contribution is -2.31. The van der Waals surface area contributed by atoms with Gasteiger partial charge in [0.25, 0.3) is 5.56 Å². The van der Waals surface area contributed by atoms with E-state index in [0.717, 1.165) is 10.8 Å². The average Bonchev–Trinajstić information content (AvgIpc) is 2.28. The van der Waals surface area contributed by atoms with Crippen molar-refractivity contribution in [2.24, 2.45) is 0 Å². The maximum atomic E-state index is 11.3. The van der Waals surface area contributed by atoms with Gasteiger partial charge in [0.05, 0.1) is 13.0 Å². The third-order valence-electron chi connectivity index (χ3n) is 1.99. The molecular weight excluding hydrogens is 226 g/mol. The highest BCUT2D eigenvalue weighted by atomic mass is 16.5. The molecule has 0 aliphatic carbocycles. The Hall–Kier alpha value is -2.36. The number of esters is 1. The van der Waals surface area contributed by atoms with Crippen LogP contribution in [0.3, 0.4) is 0 Å². The Morgan fingerprint density at radius 3 is 2.88 bits per heavy atom. The maximum Gasteiger partial charge on any atom is 0.328 e. The molecule has 1 heterocycles. The Labute approximate surface area is 96.3 Å². The number of aromatic amines is 1. The lowest BCUT2D eigenvalue weighted by molar-refractivity contribution is -0.143. The largest absolute Gasteiger partial charge is 0.466 e. The molecule has 0 unspecified atom stereocenters. The zero-order valence-electron chi connectivity index (χ0n) is 9.23. The van der Waals surface area contributed by atoms with Crippen LogP contribution < -0.4 is 11.2 Å². The topological polar surface area (TPSA) is 105 Å². The molecule has 7 heteroatoms. The molecule has 0 spiro atoms. The molecule has 17 heavy (non-hydrogen) atoms. The first-order valence-corrected chi connectivity index (χ1v) is 4.98. The molecule has 0 radical (unpaired) electrons. The smallest absolute Gasteiger partial charge is 0.328 e. The Kier molecular flexibility index (Phi) is 4.22. The predicted octanol–water partition coefficient (Wildman–Crippen LogP) is -0.639. The van der Waals surface area contributed by atoms with Crippen LogP contribution in [0.1, 0.15) is 18.9 Å². The molecule has 0 fully saturated rings. The second-order valence-electron chi connectivity index (χ2n) is 3.16. The number of carbonyl (C=O) groups is 1. The van der Waals surface area contributed by atoms with Gasteiger partial charge >= 0.3 is 11.7 Å². The minimum atomic E-state index is -0.732. The van der Waals surface area contributed by atoms with Gasteiger partial charge in [0.15, 0.2) is 0 Å². The van der Waals surface area contributed by atoms with E-state index in [4.69, 9.17) is 10.00 Å². The number of nitrogens with one attached hydrogen (secondary N) is 1. The van der Waals surface area contributed by atoms with Crippen LogP contribution in [0, 0.1) is 11.3 Å². The number of H-pyrrole nitrogens is 1. The summed E-state index contributed by atoms with van der Waals surface area (Å²) in [5.74, 6) is -0.441. The van der Waals surface area contributed by atoms with Crippen LogP contribution in [0.25, 0.3) is 0 Å². The van der Waals surface area contributed by atoms with E-state index >= 15 is 0 Å². The summed E-state index contributed by atoms with van der Waals surface area (Å²) in [5, 5.41) is 8.62. The summed E-state index contributed by atoms with van der Waals surface area (Å²) in [6.45, 7) is 2.00. The molecule has 7 nitrogen and oxygen atoms in total.